The third-order valence-corrected chi connectivity index (χ3v) is 3.92. The standard InChI is InChI=1S/C15H16N4S/c1-10(9-11-5-3-2-4-6-11)17-13-12-7-8-20-14(12)19-15(16)18-13/h2-8,10H,9H2,1H3,(H3,16,17,18,19). The zero-order chi connectivity index (χ0) is 13.9. The summed E-state index contributed by atoms with van der Waals surface area (Å²) in [6.07, 6.45) is 0.941. The molecule has 4 nitrogen and oxygen atoms in total. The molecule has 0 aliphatic carbocycles. The van der Waals surface area contributed by atoms with Crippen molar-refractivity contribution in [1.29, 1.82) is 0 Å². The first-order valence-electron chi connectivity index (χ1n) is 6.53. The zero-order valence-corrected chi connectivity index (χ0v) is 12.0. The Labute approximate surface area is 121 Å². The van der Waals surface area contributed by atoms with Crippen LogP contribution in [0.4, 0.5) is 11.8 Å². The van der Waals surface area contributed by atoms with E-state index in [4.69, 9.17) is 5.73 Å². The maximum Gasteiger partial charge on any atom is 0.223 e. The molecule has 0 aliphatic heterocycles. The molecule has 0 radical (unpaired) electrons. The van der Waals surface area contributed by atoms with E-state index in [0.717, 1.165) is 22.5 Å². The minimum atomic E-state index is 0.273. The lowest BCUT2D eigenvalue weighted by molar-refractivity contribution is 0.786. The number of nitrogens with zero attached hydrogens (tertiary/aromatic N) is 2. The lowest BCUT2D eigenvalue weighted by Gasteiger charge is -2.15. The number of nitrogens with one attached hydrogen (secondary N) is 1. The maximum absolute atomic E-state index is 5.76. The van der Waals surface area contributed by atoms with Gasteiger partial charge in [0, 0.05) is 6.04 Å². The summed E-state index contributed by atoms with van der Waals surface area (Å²) in [7, 11) is 0. The van der Waals surface area contributed by atoms with E-state index in [9.17, 15) is 0 Å². The van der Waals surface area contributed by atoms with Gasteiger partial charge in [0.25, 0.3) is 0 Å². The third kappa shape index (κ3) is 2.72. The molecule has 2 heterocycles. The van der Waals surface area contributed by atoms with Gasteiger partial charge in [0.05, 0.1) is 5.39 Å². The topological polar surface area (TPSA) is 63.8 Å². The van der Waals surface area contributed by atoms with Gasteiger partial charge in [-0.2, -0.15) is 4.98 Å². The predicted molar refractivity (Wildman–Crippen MR) is 85.1 cm³/mol. The number of nitrogen functional groups attached to an aromatic ring is 1. The summed E-state index contributed by atoms with van der Waals surface area (Å²) in [5, 5.41) is 6.47. The van der Waals surface area contributed by atoms with E-state index in [-0.39, 0.29) is 6.04 Å². The summed E-state index contributed by atoms with van der Waals surface area (Å²) < 4.78 is 0. The first-order chi connectivity index (χ1) is 9.72. The Morgan fingerprint density at radius 1 is 1.20 bits per heavy atom. The van der Waals surface area contributed by atoms with Crippen LogP contribution in [0.3, 0.4) is 0 Å². The smallest absolute Gasteiger partial charge is 0.223 e. The van der Waals surface area contributed by atoms with Crippen LogP contribution in [0.15, 0.2) is 41.8 Å². The van der Waals surface area contributed by atoms with Crippen LogP contribution >= 0.6 is 11.3 Å². The van der Waals surface area contributed by atoms with Gasteiger partial charge in [0.15, 0.2) is 0 Å². The molecule has 20 heavy (non-hydrogen) atoms. The second-order valence-electron chi connectivity index (χ2n) is 4.80. The Morgan fingerprint density at radius 3 is 2.80 bits per heavy atom. The monoisotopic (exact) mass is 284 g/mol. The van der Waals surface area contributed by atoms with Gasteiger partial charge in [0.2, 0.25) is 5.95 Å². The van der Waals surface area contributed by atoms with Crippen molar-refractivity contribution in [2.24, 2.45) is 0 Å². The molecule has 1 atom stereocenters. The highest BCUT2D eigenvalue weighted by molar-refractivity contribution is 7.16. The predicted octanol–water partition coefficient (Wildman–Crippen LogP) is 3.32. The van der Waals surface area contributed by atoms with E-state index in [2.05, 4.69) is 46.5 Å². The van der Waals surface area contributed by atoms with Gasteiger partial charge in [-0.1, -0.05) is 30.3 Å². The number of hydrogen-bond acceptors (Lipinski definition) is 5. The van der Waals surface area contributed by atoms with E-state index in [1.807, 2.05) is 17.5 Å². The molecule has 0 spiro atoms. The molecule has 2 aromatic heterocycles. The van der Waals surface area contributed by atoms with Gasteiger partial charge in [-0.25, -0.2) is 4.98 Å². The molecule has 0 aliphatic rings. The second kappa shape index (κ2) is 5.46. The van der Waals surface area contributed by atoms with Crippen LogP contribution < -0.4 is 11.1 Å². The van der Waals surface area contributed by atoms with Gasteiger partial charge in [-0.3, -0.25) is 0 Å². The maximum atomic E-state index is 5.76. The van der Waals surface area contributed by atoms with Gasteiger partial charge >= 0.3 is 0 Å². The molecule has 0 amide bonds. The quantitative estimate of drug-likeness (QED) is 0.771. The first kappa shape index (κ1) is 12.9. The Bertz CT molecular complexity index is 708. The molecule has 102 valence electrons. The largest absolute Gasteiger partial charge is 0.368 e. The molecule has 3 aromatic rings. The van der Waals surface area contributed by atoms with Crippen LogP contribution in [0.2, 0.25) is 0 Å². The second-order valence-corrected chi connectivity index (χ2v) is 5.70. The fraction of sp³-hybridized carbons (Fsp3) is 0.200. The van der Waals surface area contributed by atoms with Crippen molar-refractivity contribution in [2.45, 2.75) is 19.4 Å². The summed E-state index contributed by atoms with van der Waals surface area (Å²) in [5.41, 5.74) is 7.06. The van der Waals surface area contributed by atoms with Crippen LogP contribution in [-0.4, -0.2) is 16.0 Å². The number of fused-ring (bicyclic) bond motifs is 1. The minimum absolute atomic E-state index is 0.273. The van der Waals surface area contributed by atoms with Crippen LogP contribution in [0.1, 0.15) is 12.5 Å². The van der Waals surface area contributed by atoms with E-state index in [0.29, 0.717) is 5.95 Å². The van der Waals surface area contributed by atoms with Crippen molar-refractivity contribution in [3.8, 4) is 0 Å². The van der Waals surface area contributed by atoms with E-state index in [1.54, 1.807) is 11.3 Å². The van der Waals surface area contributed by atoms with Crippen LogP contribution in [0.5, 0.6) is 0 Å². The number of anilines is 2. The molecule has 0 saturated carbocycles. The third-order valence-electron chi connectivity index (χ3n) is 3.11. The number of thiophene rings is 1. The molecular formula is C15H16N4S. The van der Waals surface area contributed by atoms with Gasteiger partial charge < -0.3 is 11.1 Å². The number of rotatable bonds is 4. The summed E-state index contributed by atoms with van der Waals surface area (Å²) in [6.45, 7) is 2.14. The number of hydrogen-bond donors (Lipinski definition) is 2. The fourth-order valence-electron chi connectivity index (χ4n) is 2.23. The number of aromatic nitrogens is 2. The van der Waals surface area contributed by atoms with Crippen LogP contribution in [0, 0.1) is 0 Å². The Kier molecular flexibility index (Phi) is 3.52. The van der Waals surface area contributed by atoms with E-state index < -0.39 is 0 Å². The molecule has 3 N–H and O–H groups in total. The molecule has 0 bridgehead atoms. The minimum Gasteiger partial charge on any atom is -0.368 e. The van der Waals surface area contributed by atoms with Gasteiger partial charge in [-0.15, -0.1) is 11.3 Å². The average molecular weight is 284 g/mol. The average Bonchev–Trinajstić information content (AvgIpc) is 2.88. The molecule has 5 heteroatoms. The highest BCUT2D eigenvalue weighted by Crippen LogP contribution is 2.26. The summed E-state index contributed by atoms with van der Waals surface area (Å²) in [6, 6.07) is 12.7. The molecule has 0 fully saturated rings. The van der Waals surface area contributed by atoms with Crippen LogP contribution in [0.25, 0.3) is 10.2 Å². The van der Waals surface area contributed by atoms with Crippen molar-refractivity contribution in [3.05, 3.63) is 47.3 Å². The summed E-state index contributed by atoms with van der Waals surface area (Å²) in [4.78, 5) is 9.47. The number of nitrogens with two attached hydrogens (primary N) is 1. The fourth-order valence-corrected chi connectivity index (χ4v) is 3.00. The summed E-state index contributed by atoms with van der Waals surface area (Å²) >= 11 is 1.58. The lowest BCUT2D eigenvalue weighted by atomic mass is 10.1. The van der Waals surface area contributed by atoms with Gasteiger partial charge in [-0.05, 0) is 30.4 Å². The van der Waals surface area contributed by atoms with Gasteiger partial charge in [0.1, 0.15) is 10.6 Å². The Hall–Kier alpha value is -2.14. The highest BCUT2D eigenvalue weighted by Gasteiger charge is 2.10. The van der Waals surface area contributed by atoms with Crippen molar-refractivity contribution in [3.63, 3.8) is 0 Å². The molecular weight excluding hydrogens is 268 g/mol. The van der Waals surface area contributed by atoms with Crippen LogP contribution in [-0.2, 0) is 6.42 Å². The Morgan fingerprint density at radius 2 is 2.00 bits per heavy atom. The first-order valence-corrected chi connectivity index (χ1v) is 7.41. The van der Waals surface area contributed by atoms with Crippen molar-refractivity contribution in [2.75, 3.05) is 11.1 Å². The Balaban J connectivity index is 1.80. The highest BCUT2D eigenvalue weighted by atomic mass is 32.1. The van der Waals surface area contributed by atoms with E-state index in [1.165, 1.54) is 5.56 Å². The molecule has 1 aromatic carbocycles. The van der Waals surface area contributed by atoms with Crippen molar-refractivity contribution < 1.29 is 0 Å². The molecule has 0 saturated heterocycles. The van der Waals surface area contributed by atoms with Crippen molar-refractivity contribution in [1.82, 2.24) is 9.97 Å². The molecule has 1 unspecified atom stereocenters. The summed E-state index contributed by atoms with van der Waals surface area (Å²) in [5.74, 6) is 1.13. The lowest BCUT2D eigenvalue weighted by Crippen LogP contribution is -2.19. The van der Waals surface area contributed by atoms with Crippen molar-refractivity contribution >= 4 is 33.3 Å². The molecule has 3 rings (SSSR count). The SMILES string of the molecule is CC(Cc1ccccc1)Nc1nc(N)nc2sccc12. The normalized spacial score (nSPS) is 12.4. The number of benzene rings is 1. The van der Waals surface area contributed by atoms with E-state index >= 15 is 0 Å². The zero-order valence-electron chi connectivity index (χ0n) is 11.2.